The minimum absolute atomic E-state index is 0.0589. The maximum absolute atomic E-state index is 5.92. The fourth-order valence-electron chi connectivity index (χ4n) is 1.92. The number of hydrogen-bond donors (Lipinski definition) is 1. The average Bonchev–Trinajstić information content (AvgIpc) is 3.19. The fourth-order valence-corrected chi connectivity index (χ4v) is 1.92. The van der Waals surface area contributed by atoms with Crippen LogP contribution < -0.4 is 14.8 Å². The Kier molecular flexibility index (Phi) is 2.91. The molecule has 0 saturated carbocycles. The van der Waals surface area contributed by atoms with E-state index < -0.39 is 0 Å². The van der Waals surface area contributed by atoms with E-state index in [-0.39, 0.29) is 12.1 Å². The van der Waals surface area contributed by atoms with E-state index in [1.54, 1.807) is 0 Å². The normalized spacial score (nSPS) is 27.6. The molecule has 0 radical (unpaired) electrons. The maximum Gasteiger partial charge on any atom is 0.161 e. The quantitative estimate of drug-likeness (QED) is 0.796. The topological polar surface area (TPSA) is 43.0 Å². The summed E-state index contributed by atoms with van der Waals surface area (Å²) < 4.78 is 16.8. The minimum Gasteiger partial charge on any atom is -0.486 e. The zero-order valence-corrected chi connectivity index (χ0v) is 9.89. The van der Waals surface area contributed by atoms with Gasteiger partial charge in [0.25, 0.3) is 0 Å². The van der Waals surface area contributed by atoms with Gasteiger partial charge in [-0.2, -0.15) is 0 Å². The van der Waals surface area contributed by atoms with Crippen molar-refractivity contribution in [3.8, 4) is 11.5 Å². The van der Waals surface area contributed by atoms with Crippen molar-refractivity contribution in [1.82, 2.24) is 5.32 Å². The summed E-state index contributed by atoms with van der Waals surface area (Å²) in [5, 5.41) is 3.42. The molecule has 17 heavy (non-hydrogen) atoms. The first kappa shape index (κ1) is 10.9. The molecule has 2 heterocycles. The zero-order valence-electron chi connectivity index (χ0n) is 9.89. The largest absolute Gasteiger partial charge is 0.486 e. The van der Waals surface area contributed by atoms with E-state index >= 15 is 0 Å². The number of rotatable bonds is 4. The maximum atomic E-state index is 5.92. The number of nitrogens with one attached hydrogen (secondary N) is 1. The SMILES string of the molecule is C[C@@H](NC[C@@H]1CO1)[C@H]1COc2ccccc2O1. The van der Waals surface area contributed by atoms with Gasteiger partial charge in [-0.1, -0.05) is 12.1 Å². The number of epoxide rings is 1. The van der Waals surface area contributed by atoms with E-state index in [9.17, 15) is 0 Å². The lowest BCUT2D eigenvalue weighted by molar-refractivity contribution is 0.0663. The molecular formula is C13H17NO3. The third-order valence-electron chi connectivity index (χ3n) is 3.16. The van der Waals surface area contributed by atoms with Gasteiger partial charge in [0, 0.05) is 12.6 Å². The van der Waals surface area contributed by atoms with E-state index in [0.717, 1.165) is 24.7 Å². The molecule has 0 aromatic heterocycles. The molecule has 0 unspecified atom stereocenters. The lowest BCUT2D eigenvalue weighted by atomic mass is 10.1. The first-order chi connectivity index (χ1) is 8.33. The number of fused-ring (bicyclic) bond motifs is 1. The fraction of sp³-hybridized carbons (Fsp3) is 0.538. The average molecular weight is 235 g/mol. The van der Waals surface area contributed by atoms with E-state index in [0.29, 0.717) is 12.7 Å². The molecule has 1 fully saturated rings. The summed E-state index contributed by atoms with van der Waals surface area (Å²) >= 11 is 0. The van der Waals surface area contributed by atoms with Gasteiger partial charge in [-0.05, 0) is 19.1 Å². The molecule has 2 aliphatic rings. The van der Waals surface area contributed by atoms with Crippen molar-refractivity contribution in [3.63, 3.8) is 0 Å². The molecule has 0 spiro atoms. The molecular weight excluding hydrogens is 218 g/mol. The second kappa shape index (κ2) is 4.55. The third-order valence-corrected chi connectivity index (χ3v) is 3.16. The molecule has 0 bridgehead atoms. The Bertz CT molecular complexity index is 392. The minimum atomic E-state index is 0.0589. The second-order valence-corrected chi connectivity index (χ2v) is 4.57. The zero-order chi connectivity index (χ0) is 11.7. The predicted octanol–water partition coefficient (Wildman–Crippen LogP) is 1.20. The molecule has 4 heteroatoms. The van der Waals surface area contributed by atoms with Crippen LogP contribution in [0.2, 0.25) is 0 Å². The van der Waals surface area contributed by atoms with Crippen LogP contribution in [0.15, 0.2) is 24.3 Å². The highest BCUT2D eigenvalue weighted by Gasteiger charge is 2.28. The number of ether oxygens (including phenoxy) is 3. The molecule has 3 rings (SSSR count). The number of hydrogen-bond acceptors (Lipinski definition) is 4. The Hall–Kier alpha value is -1.26. The molecule has 1 N–H and O–H groups in total. The first-order valence-electron chi connectivity index (χ1n) is 6.06. The van der Waals surface area contributed by atoms with Crippen LogP contribution in [0.25, 0.3) is 0 Å². The molecule has 0 amide bonds. The van der Waals surface area contributed by atoms with Crippen LogP contribution in [0, 0.1) is 0 Å². The first-order valence-corrected chi connectivity index (χ1v) is 6.06. The van der Waals surface area contributed by atoms with E-state index in [4.69, 9.17) is 14.2 Å². The Labute approximate surface area is 101 Å². The Morgan fingerprint density at radius 3 is 2.82 bits per heavy atom. The molecule has 0 aliphatic carbocycles. The van der Waals surface area contributed by atoms with Crippen molar-refractivity contribution in [2.24, 2.45) is 0 Å². The molecule has 3 atom stereocenters. The van der Waals surface area contributed by atoms with Crippen molar-refractivity contribution in [2.75, 3.05) is 19.8 Å². The Balaban J connectivity index is 1.58. The molecule has 2 aliphatic heterocycles. The van der Waals surface area contributed by atoms with Gasteiger partial charge in [0.05, 0.1) is 12.7 Å². The van der Waals surface area contributed by atoms with Crippen LogP contribution in [0.1, 0.15) is 6.92 Å². The smallest absolute Gasteiger partial charge is 0.161 e. The van der Waals surface area contributed by atoms with Gasteiger partial charge >= 0.3 is 0 Å². The van der Waals surface area contributed by atoms with Gasteiger partial charge in [0.15, 0.2) is 11.5 Å². The third kappa shape index (κ3) is 2.53. The summed E-state index contributed by atoms with van der Waals surface area (Å²) in [6.45, 7) is 4.48. The number of benzene rings is 1. The lowest BCUT2D eigenvalue weighted by Crippen LogP contribution is -2.47. The molecule has 4 nitrogen and oxygen atoms in total. The summed E-state index contributed by atoms with van der Waals surface area (Å²) in [5.74, 6) is 1.67. The van der Waals surface area contributed by atoms with Gasteiger partial charge in [0.1, 0.15) is 12.7 Å². The lowest BCUT2D eigenvalue weighted by Gasteiger charge is -2.30. The van der Waals surface area contributed by atoms with Gasteiger partial charge in [-0.25, -0.2) is 0 Å². The molecule has 92 valence electrons. The predicted molar refractivity (Wildman–Crippen MR) is 63.6 cm³/mol. The van der Waals surface area contributed by atoms with Gasteiger partial charge < -0.3 is 19.5 Å². The summed E-state index contributed by atoms with van der Waals surface area (Å²) in [7, 11) is 0. The van der Waals surface area contributed by atoms with E-state index in [2.05, 4.69) is 12.2 Å². The summed E-state index contributed by atoms with van der Waals surface area (Å²) in [4.78, 5) is 0. The van der Waals surface area contributed by atoms with Crippen molar-refractivity contribution in [3.05, 3.63) is 24.3 Å². The Morgan fingerprint density at radius 1 is 1.29 bits per heavy atom. The second-order valence-electron chi connectivity index (χ2n) is 4.57. The van der Waals surface area contributed by atoms with E-state index in [1.165, 1.54) is 0 Å². The van der Waals surface area contributed by atoms with Crippen molar-refractivity contribution in [1.29, 1.82) is 0 Å². The molecule has 1 aromatic rings. The van der Waals surface area contributed by atoms with Crippen molar-refractivity contribution in [2.45, 2.75) is 25.2 Å². The highest BCUT2D eigenvalue weighted by Crippen LogP contribution is 2.31. The van der Waals surface area contributed by atoms with Crippen molar-refractivity contribution >= 4 is 0 Å². The summed E-state index contributed by atoms with van der Waals surface area (Å²) in [6, 6.07) is 8.04. The van der Waals surface area contributed by atoms with Crippen LogP contribution in [0.5, 0.6) is 11.5 Å². The van der Waals surface area contributed by atoms with Gasteiger partial charge in [-0.15, -0.1) is 0 Å². The van der Waals surface area contributed by atoms with Gasteiger partial charge in [0.2, 0.25) is 0 Å². The van der Waals surface area contributed by atoms with Crippen LogP contribution in [-0.2, 0) is 4.74 Å². The number of para-hydroxylation sites is 2. The van der Waals surface area contributed by atoms with Crippen LogP contribution in [-0.4, -0.2) is 38.0 Å². The molecule has 1 aromatic carbocycles. The standard InChI is InChI=1S/C13H17NO3/c1-9(14-6-10-7-15-10)13-8-16-11-4-2-3-5-12(11)17-13/h2-5,9-10,13-14H,6-8H2,1H3/t9-,10-,13-/m1/s1. The summed E-state index contributed by atoms with van der Waals surface area (Å²) in [5.41, 5.74) is 0. The van der Waals surface area contributed by atoms with Crippen LogP contribution in [0.3, 0.4) is 0 Å². The molecule has 1 saturated heterocycles. The Morgan fingerprint density at radius 2 is 2.06 bits per heavy atom. The van der Waals surface area contributed by atoms with E-state index in [1.807, 2.05) is 24.3 Å². The van der Waals surface area contributed by atoms with Crippen LogP contribution in [0.4, 0.5) is 0 Å². The van der Waals surface area contributed by atoms with Crippen LogP contribution >= 0.6 is 0 Å². The highest BCUT2D eigenvalue weighted by molar-refractivity contribution is 5.40. The van der Waals surface area contributed by atoms with Crippen molar-refractivity contribution < 1.29 is 14.2 Å². The summed E-state index contributed by atoms with van der Waals surface area (Å²) in [6.07, 6.45) is 0.456. The highest BCUT2D eigenvalue weighted by atomic mass is 16.6. The van der Waals surface area contributed by atoms with Gasteiger partial charge in [-0.3, -0.25) is 0 Å². The monoisotopic (exact) mass is 235 g/mol.